The molecule has 20 heavy (non-hydrogen) atoms. The first-order valence-electron chi connectivity index (χ1n) is 7.23. The van der Waals surface area contributed by atoms with E-state index in [1.165, 1.54) is 11.1 Å². The summed E-state index contributed by atoms with van der Waals surface area (Å²) in [5, 5.41) is -0.0679. The Morgan fingerprint density at radius 3 is 2.80 bits per heavy atom. The lowest BCUT2D eigenvalue weighted by Crippen LogP contribution is -2.05. The van der Waals surface area contributed by atoms with Crippen LogP contribution in [0.4, 0.5) is 0 Å². The van der Waals surface area contributed by atoms with Crippen molar-refractivity contribution in [1.29, 1.82) is 0 Å². The number of fused-ring (bicyclic) bond motifs is 1. The van der Waals surface area contributed by atoms with Gasteiger partial charge >= 0.3 is 0 Å². The fourth-order valence-corrected chi connectivity index (χ4v) is 2.65. The largest absolute Gasteiger partial charge is 0.385 e. The zero-order chi connectivity index (χ0) is 14.5. The molecule has 0 aliphatic heterocycles. The second-order valence-electron chi connectivity index (χ2n) is 5.28. The van der Waals surface area contributed by atoms with Gasteiger partial charge in [-0.25, -0.2) is 4.98 Å². The highest BCUT2D eigenvalue weighted by Gasteiger charge is 2.14. The molecule has 1 unspecified atom stereocenters. The first kappa shape index (κ1) is 15.3. The Bertz CT molecular complexity index is 563. The van der Waals surface area contributed by atoms with Gasteiger partial charge in [-0.05, 0) is 50.8 Å². The monoisotopic (exact) mass is 294 g/mol. The molecule has 1 atom stereocenters. The SMILES string of the molecule is COCCCCCn1c(C(C)Cl)nc2ccc(C)cc21. The van der Waals surface area contributed by atoms with E-state index in [2.05, 4.69) is 34.7 Å². The van der Waals surface area contributed by atoms with Crippen molar-refractivity contribution in [2.45, 2.75) is 45.0 Å². The van der Waals surface area contributed by atoms with Crippen LogP contribution in [0, 0.1) is 6.92 Å². The molecular formula is C16H23ClN2O. The van der Waals surface area contributed by atoms with Crippen LogP contribution in [0.15, 0.2) is 18.2 Å². The van der Waals surface area contributed by atoms with Crippen molar-refractivity contribution in [1.82, 2.24) is 9.55 Å². The predicted octanol–water partition coefficient (Wildman–Crippen LogP) is 4.46. The van der Waals surface area contributed by atoms with E-state index in [9.17, 15) is 0 Å². The van der Waals surface area contributed by atoms with Crippen molar-refractivity contribution >= 4 is 22.6 Å². The molecule has 1 aromatic heterocycles. The molecule has 0 amide bonds. The lowest BCUT2D eigenvalue weighted by Gasteiger charge is -2.10. The van der Waals surface area contributed by atoms with E-state index < -0.39 is 0 Å². The summed E-state index contributed by atoms with van der Waals surface area (Å²) >= 11 is 6.28. The second kappa shape index (κ2) is 7.09. The minimum absolute atomic E-state index is 0.0679. The Morgan fingerprint density at radius 2 is 2.10 bits per heavy atom. The zero-order valence-electron chi connectivity index (χ0n) is 12.5. The van der Waals surface area contributed by atoms with E-state index >= 15 is 0 Å². The van der Waals surface area contributed by atoms with Crippen LogP contribution < -0.4 is 0 Å². The third-order valence-corrected chi connectivity index (χ3v) is 3.71. The molecule has 4 heteroatoms. The lowest BCUT2D eigenvalue weighted by atomic mass is 10.2. The molecule has 0 N–H and O–H groups in total. The van der Waals surface area contributed by atoms with Crippen LogP contribution in [0.25, 0.3) is 11.0 Å². The molecule has 0 radical (unpaired) electrons. The average Bonchev–Trinajstić information content (AvgIpc) is 2.77. The summed E-state index contributed by atoms with van der Waals surface area (Å²) in [6.07, 6.45) is 3.39. The highest BCUT2D eigenvalue weighted by molar-refractivity contribution is 6.20. The van der Waals surface area contributed by atoms with Gasteiger partial charge in [0.15, 0.2) is 0 Å². The predicted molar refractivity (Wildman–Crippen MR) is 84.5 cm³/mol. The first-order valence-corrected chi connectivity index (χ1v) is 7.67. The third-order valence-electron chi connectivity index (χ3n) is 3.52. The first-order chi connectivity index (χ1) is 9.63. The molecule has 110 valence electrons. The van der Waals surface area contributed by atoms with E-state index in [0.29, 0.717) is 0 Å². The second-order valence-corrected chi connectivity index (χ2v) is 5.94. The van der Waals surface area contributed by atoms with E-state index in [-0.39, 0.29) is 5.38 Å². The number of benzene rings is 1. The van der Waals surface area contributed by atoms with Gasteiger partial charge < -0.3 is 9.30 Å². The minimum Gasteiger partial charge on any atom is -0.385 e. The maximum atomic E-state index is 6.28. The molecule has 1 aromatic carbocycles. The summed E-state index contributed by atoms with van der Waals surface area (Å²) < 4.78 is 7.36. The van der Waals surface area contributed by atoms with Crippen LogP contribution in [0.2, 0.25) is 0 Å². The third kappa shape index (κ3) is 3.53. The van der Waals surface area contributed by atoms with Crippen LogP contribution in [-0.4, -0.2) is 23.3 Å². The molecule has 0 aliphatic carbocycles. The van der Waals surface area contributed by atoms with Gasteiger partial charge in [0.25, 0.3) is 0 Å². The zero-order valence-corrected chi connectivity index (χ0v) is 13.3. The number of methoxy groups -OCH3 is 1. The lowest BCUT2D eigenvalue weighted by molar-refractivity contribution is 0.191. The normalized spacial score (nSPS) is 13.0. The summed E-state index contributed by atoms with van der Waals surface area (Å²) in [4.78, 5) is 4.67. The number of hydrogen-bond acceptors (Lipinski definition) is 2. The molecule has 3 nitrogen and oxygen atoms in total. The standard InChI is InChI=1S/C16H23ClN2O/c1-12-7-8-14-15(11-12)19(16(18-14)13(2)17)9-5-4-6-10-20-3/h7-8,11,13H,4-6,9-10H2,1-3H3. The Balaban J connectivity index is 2.19. The van der Waals surface area contributed by atoms with Crippen LogP contribution in [-0.2, 0) is 11.3 Å². The van der Waals surface area contributed by atoms with E-state index in [1.807, 2.05) is 6.92 Å². The number of halogens is 1. The molecule has 0 bridgehead atoms. The molecule has 0 saturated heterocycles. The van der Waals surface area contributed by atoms with Gasteiger partial charge in [0.1, 0.15) is 5.82 Å². The molecule has 0 spiro atoms. The Labute approximate surface area is 125 Å². The van der Waals surface area contributed by atoms with Crippen molar-refractivity contribution in [2.24, 2.45) is 0 Å². The summed E-state index contributed by atoms with van der Waals surface area (Å²) in [6.45, 7) is 5.90. The fourth-order valence-electron chi connectivity index (χ4n) is 2.48. The average molecular weight is 295 g/mol. The van der Waals surface area contributed by atoms with Crippen LogP contribution in [0.5, 0.6) is 0 Å². The van der Waals surface area contributed by atoms with Gasteiger partial charge in [-0.15, -0.1) is 11.6 Å². The number of nitrogens with zero attached hydrogens (tertiary/aromatic N) is 2. The smallest absolute Gasteiger partial charge is 0.127 e. The van der Waals surface area contributed by atoms with E-state index in [0.717, 1.165) is 43.8 Å². The highest BCUT2D eigenvalue weighted by Crippen LogP contribution is 2.25. The topological polar surface area (TPSA) is 27.1 Å². The molecule has 1 heterocycles. The number of rotatable bonds is 7. The van der Waals surface area contributed by atoms with Crippen LogP contribution in [0.3, 0.4) is 0 Å². The number of imidazole rings is 1. The van der Waals surface area contributed by atoms with Crippen LogP contribution in [0.1, 0.15) is 43.0 Å². The maximum absolute atomic E-state index is 6.28. The fraction of sp³-hybridized carbons (Fsp3) is 0.562. The van der Waals surface area contributed by atoms with Gasteiger partial charge in [-0.3, -0.25) is 0 Å². The minimum atomic E-state index is -0.0679. The summed E-state index contributed by atoms with van der Waals surface area (Å²) in [6, 6.07) is 6.37. The van der Waals surface area contributed by atoms with Gasteiger partial charge in [0.05, 0.1) is 16.4 Å². The Hall–Kier alpha value is -1.06. The van der Waals surface area contributed by atoms with Gasteiger partial charge in [-0.1, -0.05) is 6.07 Å². The van der Waals surface area contributed by atoms with Crippen molar-refractivity contribution in [3.8, 4) is 0 Å². The van der Waals surface area contributed by atoms with Crippen molar-refractivity contribution in [3.63, 3.8) is 0 Å². The Kier molecular flexibility index (Phi) is 5.44. The summed E-state index contributed by atoms with van der Waals surface area (Å²) in [5.41, 5.74) is 3.49. The van der Waals surface area contributed by atoms with Crippen molar-refractivity contribution in [3.05, 3.63) is 29.6 Å². The van der Waals surface area contributed by atoms with Gasteiger partial charge in [0.2, 0.25) is 0 Å². The van der Waals surface area contributed by atoms with E-state index in [4.69, 9.17) is 16.3 Å². The number of ether oxygens (including phenoxy) is 1. The summed E-state index contributed by atoms with van der Waals surface area (Å²) in [7, 11) is 1.75. The molecule has 0 aliphatic rings. The van der Waals surface area contributed by atoms with E-state index in [1.54, 1.807) is 7.11 Å². The van der Waals surface area contributed by atoms with Crippen LogP contribution >= 0.6 is 11.6 Å². The van der Waals surface area contributed by atoms with Crippen molar-refractivity contribution < 1.29 is 4.74 Å². The Morgan fingerprint density at radius 1 is 1.30 bits per heavy atom. The number of aromatic nitrogens is 2. The maximum Gasteiger partial charge on any atom is 0.127 e. The van der Waals surface area contributed by atoms with Gasteiger partial charge in [-0.2, -0.15) is 0 Å². The summed E-state index contributed by atoms with van der Waals surface area (Å²) in [5.74, 6) is 0.971. The molecule has 0 saturated carbocycles. The molecule has 2 rings (SSSR count). The molecule has 0 fully saturated rings. The number of aryl methyl sites for hydroxylation is 2. The molecular weight excluding hydrogens is 272 g/mol. The molecule has 2 aromatic rings. The van der Waals surface area contributed by atoms with Crippen molar-refractivity contribution in [2.75, 3.05) is 13.7 Å². The number of hydrogen-bond donors (Lipinski definition) is 0. The van der Waals surface area contributed by atoms with Gasteiger partial charge in [0, 0.05) is 20.3 Å². The number of unbranched alkanes of at least 4 members (excludes halogenated alkanes) is 2. The number of alkyl halides is 1. The quantitative estimate of drug-likeness (QED) is 0.557. The highest BCUT2D eigenvalue weighted by atomic mass is 35.5.